The molecule has 1 atom stereocenters. The SMILES string of the molecule is C[C@H]1Cc2ccccc2N1C(=O)C1CCN(C(=O)c2ccc(F)cc2F)CC1. The Kier molecular flexibility index (Phi) is 4.87. The fraction of sp³-hybridized carbons (Fsp3) is 0.364. The van der Waals surface area contributed by atoms with Gasteiger partial charge in [-0.1, -0.05) is 18.2 Å². The number of benzene rings is 2. The topological polar surface area (TPSA) is 40.6 Å². The van der Waals surface area contributed by atoms with Crippen LogP contribution in [0.25, 0.3) is 0 Å². The Hall–Kier alpha value is -2.76. The van der Waals surface area contributed by atoms with Crippen LogP contribution in [0.4, 0.5) is 14.5 Å². The van der Waals surface area contributed by atoms with Crippen molar-refractivity contribution in [2.45, 2.75) is 32.2 Å². The molecule has 0 aromatic heterocycles. The Morgan fingerprint density at radius 3 is 2.46 bits per heavy atom. The summed E-state index contributed by atoms with van der Waals surface area (Å²) in [5.41, 5.74) is 2.03. The quantitative estimate of drug-likeness (QED) is 0.790. The van der Waals surface area contributed by atoms with Crippen LogP contribution in [-0.2, 0) is 11.2 Å². The molecule has 0 radical (unpaired) electrons. The fourth-order valence-corrected chi connectivity index (χ4v) is 4.26. The lowest BCUT2D eigenvalue weighted by atomic mass is 9.94. The van der Waals surface area contributed by atoms with Gasteiger partial charge in [-0.25, -0.2) is 8.78 Å². The molecule has 4 nitrogen and oxygen atoms in total. The van der Waals surface area contributed by atoms with Gasteiger partial charge < -0.3 is 9.80 Å². The highest BCUT2D eigenvalue weighted by atomic mass is 19.1. The molecule has 6 heteroatoms. The van der Waals surface area contributed by atoms with Crippen LogP contribution in [0.5, 0.6) is 0 Å². The lowest BCUT2D eigenvalue weighted by molar-refractivity contribution is -0.124. The van der Waals surface area contributed by atoms with E-state index >= 15 is 0 Å². The van der Waals surface area contributed by atoms with E-state index in [2.05, 4.69) is 6.07 Å². The van der Waals surface area contributed by atoms with Crippen LogP contribution >= 0.6 is 0 Å². The Morgan fingerprint density at radius 1 is 1.04 bits per heavy atom. The van der Waals surface area contributed by atoms with Gasteiger partial charge >= 0.3 is 0 Å². The maximum absolute atomic E-state index is 13.9. The van der Waals surface area contributed by atoms with E-state index in [1.807, 2.05) is 30.0 Å². The van der Waals surface area contributed by atoms with Gasteiger partial charge in [-0.05, 0) is 49.9 Å². The zero-order valence-corrected chi connectivity index (χ0v) is 15.7. The van der Waals surface area contributed by atoms with Gasteiger partial charge in [-0.15, -0.1) is 0 Å². The highest BCUT2D eigenvalue weighted by Crippen LogP contribution is 2.34. The molecule has 2 aliphatic rings. The predicted molar refractivity (Wildman–Crippen MR) is 102 cm³/mol. The van der Waals surface area contributed by atoms with E-state index in [9.17, 15) is 18.4 Å². The van der Waals surface area contributed by atoms with Crippen molar-refractivity contribution in [1.82, 2.24) is 4.90 Å². The summed E-state index contributed by atoms with van der Waals surface area (Å²) in [5.74, 6) is -2.08. The van der Waals surface area contributed by atoms with Gasteiger partial charge in [0.25, 0.3) is 5.91 Å². The standard InChI is InChI=1S/C22H22F2N2O2/c1-14-12-16-4-2-3-5-20(16)26(14)21(27)15-8-10-25(11-9-15)22(28)18-7-6-17(23)13-19(18)24/h2-7,13-15H,8-12H2,1H3/t14-/m0/s1. The van der Waals surface area contributed by atoms with Crippen LogP contribution < -0.4 is 4.90 Å². The number of halogens is 2. The summed E-state index contributed by atoms with van der Waals surface area (Å²) in [6.07, 6.45) is 1.93. The molecule has 146 valence electrons. The molecule has 0 unspecified atom stereocenters. The van der Waals surface area contributed by atoms with E-state index in [0.29, 0.717) is 25.9 Å². The van der Waals surface area contributed by atoms with Gasteiger partial charge in [0, 0.05) is 36.8 Å². The number of hydrogen-bond donors (Lipinski definition) is 0. The summed E-state index contributed by atoms with van der Waals surface area (Å²) < 4.78 is 27.0. The van der Waals surface area contributed by atoms with E-state index < -0.39 is 17.5 Å². The average molecular weight is 384 g/mol. The zero-order chi connectivity index (χ0) is 19.8. The van der Waals surface area contributed by atoms with Gasteiger partial charge in [0.15, 0.2) is 0 Å². The van der Waals surface area contributed by atoms with E-state index in [0.717, 1.165) is 24.2 Å². The van der Waals surface area contributed by atoms with Gasteiger partial charge in [-0.3, -0.25) is 9.59 Å². The number of nitrogens with zero attached hydrogens (tertiary/aromatic N) is 2. The molecule has 2 aromatic rings. The number of rotatable bonds is 2. The summed E-state index contributed by atoms with van der Waals surface area (Å²) in [4.78, 5) is 29.1. The number of carbonyl (C=O) groups is 2. The second kappa shape index (κ2) is 7.34. The Bertz CT molecular complexity index is 923. The van der Waals surface area contributed by atoms with Crippen LogP contribution in [-0.4, -0.2) is 35.8 Å². The summed E-state index contributed by atoms with van der Waals surface area (Å²) in [6.45, 7) is 2.82. The molecule has 4 rings (SSSR count). The first-order valence-electron chi connectivity index (χ1n) is 9.61. The molecular weight excluding hydrogens is 362 g/mol. The third kappa shape index (κ3) is 3.28. The maximum atomic E-state index is 13.9. The molecule has 2 aromatic carbocycles. The fourth-order valence-electron chi connectivity index (χ4n) is 4.26. The minimum atomic E-state index is -0.856. The number of likely N-dealkylation sites (tertiary alicyclic amines) is 1. The molecule has 2 heterocycles. The van der Waals surface area contributed by atoms with Crippen LogP contribution in [0.1, 0.15) is 35.7 Å². The minimum Gasteiger partial charge on any atom is -0.339 e. The van der Waals surface area contributed by atoms with Crippen molar-refractivity contribution in [2.75, 3.05) is 18.0 Å². The summed E-state index contributed by atoms with van der Waals surface area (Å²) >= 11 is 0. The van der Waals surface area contributed by atoms with Gasteiger partial charge in [-0.2, -0.15) is 0 Å². The van der Waals surface area contributed by atoms with Crippen LogP contribution in [0, 0.1) is 17.6 Å². The van der Waals surface area contributed by atoms with Crippen LogP contribution in [0.15, 0.2) is 42.5 Å². The molecule has 0 bridgehead atoms. The number of para-hydroxylation sites is 1. The lowest BCUT2D eigenvalue weighted by Crippen LogP contribution is -2.46. The maximum Gasteiger partial charge on any atom is 0.256 e. The first kappa shape index (κ1) is 18.6. The number of anilines is 1. The molecule has 0 aliphatic carbocycles. The van der Waals surface area contributed by atoms with Crippen molar-refractivity contribution in [3.63, 3.8) is 0 Å². The molecule has 2 amide bonds. The second-order valence-electron chi connectivity index (χ2n) is 7.58. The zero-order valence-electron chi connectivity index (χ0n) is 15.7. The summed E-state index contributed by atoms with van der Waals surface area (Å²) in [7, 11) is 0. The average Bonchev–Trinajstić information content (AvgIpc) is 3.03. The first-order valence-corrected chi connectivity index (χ1v) is 9.61. The molecule has 1 saturated heterocycles. The van der Waals surface area contributed by atoms with Crippen molar-refractivity contribution in [1.29, 1.82) is 0 Å². The molecule has 0 saturated carbocycles. The van der Waals surface area contributed by atoms with E-state index in [1.54, 1.807) is 4.90 Å². The lowest BCUT2D eigenvalue weighted by Gasteiger charge is -2.34. The number of carbonyl (C=O) groups excluding carboxylic acids is 2. The third-order valence-electron chi connectivity index (χ3n) is 5.74. The van der Waals surface area contributed by atoms with Crippen molar-refractivity contribution in [3.05, 3.63) is 65.2 Å². The number of amides is 2. The molecule has 0 spiro atoms. The summed E-state index contributed by atoms with van der Waals surface area (Å²) in [5, 5.41) is 0. The minimum absolute atomic E-state index is 0.0949. The molecule has 0 N–H and O–H groups in total. The van der Waals surface area contributed by atoms with Crippen molar-refractivity contribution in [2.24, 2.45) is 5.92 Å². The normalized spacial score (nSPS) is 19.6. The Balaban J connectivity index is 1.43. The highest BCUT2D eigenvalue weighted by molar-refractivity contribution is 5.98. The molecule has 2 aliphatic heterocycles. The van der Waals surface area contributed by atoms with Crippen molar-refractivity contribution < 1.29 is 18.4 Å². The molecule has 1 fully saturated rings. The van der Waals surface area contributed by atoms with Crippen LogP contribution in [0.2, 0.25) is 0 Å². The Morgan fingerprint density at radius 2 is 1.75 bits per heavy atom. The molecule has 28 heavy (non-hydrogen) atoms. The van der Waals surface area contributed by atoms with E-state index in [1.165, 1.54) is 11.6 Å². The molecular formula is C22H22F2N2O2. The number of hydrogen-bond acceptors (Lipinski definition) is 2. The number of piperidine rings is 1. The van der Waals surface area contributed by atoms with Gasteiger partial charge in [0.1, 0.15) is 11.6 Å². The second-order valence-corrected chi connectivity index (χ2v) is 7.58. The summed E-state index contributed by atoms with van der Waals surface area (Å²) in [6, 6.07) is 11.1. The largest absolute Gasteiger partial charge is 0.339 e. The monoisotopic (exact) mass is 384 g/mol. The third-order valence-corrected chi connectivity index (χ3v) is 5.74. The van der Waals surface area contributed by atoms with Gasteiger partial charge in [0.05, 0.1) is 5.56 Å². The smallest absolute Gasteiger partial charge is 0.256 e. The Labute approximate surface area is 162 Å². The van der Waals surface area contributed by atoms with Gasteiger partial charge in [0.2, 0.25) is 5.91 Å². The van der Waals surface area contributed by atoms with Crippen LogP contribution in [0.3, 0.4) is 0 Å². The van der Waals surface area contributed by atoms with E-state index in [-0.39, 0.29) is 23.4 Å². The van der Waals surface area contributed by atoms with Crippen molar-refractivity contribution in [3.8, 4) is 0 Å². The first-order chi connectivity index (χ1) is 13.5. The van der Waals surface area contributed by atoms with Crippen molar-refractivity contribution >= 4 is 17.5 Å². The van der Waals surface area contributed by atoms with E-state index in [4.69, 9.17) is 0 Å². The highest BCUT2D eigenvalue weighted by Gasteiger charge is 2.36. The predicted octanol–water partition coefficient (Wildman–Crippen LogP) is 3.79. The number of fused-ring (bicyclic) bond motifs is 1.